The van der Waals surface area contributed by atoms with Gasteiger partial charge in [0.15, 0.2) is 0 Å². The van der Waals surface area contributed by atoms with Crippen molar-refractivity contribution in [2.24, 2.45) is 11.3 Å². The zero-order valence-corrected chi connectivity index (χ0v) is 14.3. The fourth-order valence-electron chi connectivity index (χ4n) is 3.14. The molecule has 2 atom stereocenters. The van der Waals surface area contributed by atoms with Gasteiger partial charge in [0.25, 0.3) is 0 Å². The van der Waals surface area contributed by atoms with E-state index >= 15 is 0 Å². The van der Waals surface area contributed by atoms with Crippen LogP contribution in [0.25, 0.3) is 0 Å². The molecule has 0 aliphatic carbocycles. The van der Waals surface area contributed by atoms with Gasteiger partial charge in [0.05, 0.1) is 0 Å². The lowest BCUT2D eigenvalue weighted by atomic mass is 9.82. The zero-order chi connectivity index (χ0) is 14.7. The van der Waals surface area contributed by atoms with E-state index in [9.17, 15) is 0 Å². The van der Waals surface area contributed by atoms with E-state index < -0.39 is 0 Å². The van der Waals surface area contributed by atoms with Crippen molar-refractivity contribution >= 4 is 0 Å². The Morgan fingerprint density at radius 1 is 1.16 bits per heavy atom. The summed E-state index contributed by atoms with van der Waals surface area (Å²) in [4.78, 5) is 2.72. The van der Waals surface area contributed by atoms with Crippen molar-refractivity contribution in [1.82, 2.24) is 10.2 Å². The molecule has 2 unspecified atom stereocenters. The summed E-state index contributed by atoms with van der Waals surface area (Å²) in [6.07, 6.45) is 4.06. The van der Waals surface area contributed by atoms with Gasteiger partial charge in [-0.05, 0) is 71.4 Å². The molecule has 0 aromatic heterocycles. The van der Waals surface area contributed by atoms with Crippen molar-refractivity contribution in [2.75, 3.05) is 19.6 Å². The highest BCUT2D eigenvalue weighted by atomic mass is 15.2. The average molecular weight is 268 g/mol. The van der Waals surface area contributed by atoms with Crippen molar-refractivity contribution in [3.05, 3.63) is 0 Å². The van der Waals surface area contributed by atoms with Crippen molar-refractivity contribution in [2.45, 2.75) is 79.3 Å². The van der Waals surface area contributed by atoms with Gasteiger partial charge in [0.1, 0.15) is 0 Å². The lowest BCUT2D eigenvalue weighted by Crippen LogP contribution is -2.45. The minimum atomic E-state index is 0.232. The molecule has 0 aromatic rings. The monoisotopic (exact) mass is 268 g/mol. The Morgan fingerprint density at radius 2 is 1.74 bits per heavy atom. The van der Waals surface area contributed by atoms with Crippen LogP contribution in [0.4, 0.5) is 0 Å². The summed E-state index contributed by atoms with van der Waals surface area (Å²) in [7, 11) is 0. The van der Waals surface area contributed by atoms with E-state index in [0.29, 0.717) is 17.4 Å². The molecule has 2 heteroatoms. The summed E-state index contributed by atoms with van der Waals surface area (Å²) in [5.41, 5.74) is 0.834. The molecule has 19 heavy (non-hydrogen) atoms. The van der Waals surface area contributed by atoms with Crippen LogP contribution in [-0.4, -0.2) is 36.1 Å². The summed E-state index contributed by atoms with van der Waals surface area (Å²) in [5.74, 6) is 0.712. The molecule has 0 spiro atoms. The molecule has 0 aromatic carbocycles. The molecule has 1 rings (SSSR count). The van der Waals surface area contributed by atoms with E-state index in [1.807, 2.05) is 0 Å². The first-order chi connectivity index (χ1) is 8.73. The minimum absolute atomic E-state index is 0.232. The standard InChI is InChI=1S/C17H36N2/c1-8-17(9-2)10-11-19(13-17)15(4)14(3)12-18-16(5,6)7/h14-15,18H,8-13H2,1-7H3. The third-order valence-electron chi connectivity index (χ3n) is 5.32. The average Bonchev–Trinajstić information content (AvgIpc) is 2.79. The quantitative estimate of drug-likeness (QED) is 0.785. The maximum Gasteiger partial charge on any atom is 0.0105 e. The van der Waals surface area contributed by atoms with Crippen LogP contribution in [-0.2, 0) is 0 Å². The first-order valence-electron chi connectivity index (χ1n) is 8.22. The molecule has 1 N–H and O–H groups in total. The van der Waals surface area contributed by atoms with Crippen molar-refractivity contribution in [3.63, 3.8) is 0 Å². The molecular weight excluding hydrogens is 232 g/mol. The number of likely N-dealkylation sites (tertiary alicyclic amines) is 1. The van der Waals surface area contributed by atoms with Gasteiger partial charge in [0.2, 0.25) is 0 Å². The van der Waals surface area contributed by atoms with Crippen LogP contribution in [0, 0.1) is 11.3 Å². The first kappa shape index (κ1) is 17.0. The molecule has 0 amide bonds. The van der Waals surface area contributed by atoms with Gasteiger partial charge in [-0.25, -0.2) is 0 Å². The van der Waals surface area contributed by atoms with Crippen LogP contribution >= 0.6 is 0 Å². The summed E-state index contributed by atoms with van der Waals surface area (Å²) < 4.78 is 0. The Morgan fingerprint density at radius 3 is 2.16 bits per heavy atom. The predicted octanol–water partition coefficient (Wildman–Crippen LogP) is 3.91. The highest BCUT2D eigenvalue weighted by Gasteiger charge is 2.37. The van der Waals surface area contributed by atoms with Gasteiger partial charge in [-0.1, -0.05) is 20.8 Å². The Bertz CT molecular complexity index is 263. The van der Waals surface area contributed by atoms with Crippen LogP contribution < -0.4 is 5.32 Å². The maximum absolute atomic E-state index is 3.65. The van der Waals surface area contributed by atoms with E-state index in [1.54, 1.807) is 0 Å². The molecule has 1 heterocycles. The largest absolute Gasteiger partial charge is 0.312 e. The zero-order valence-electron chi connectivity index (χ0n) is 14.3. The predicted molar refractivity (Wildman–Crippen MR) is 85.6 cm³/mol. The minimum Gasteiger partial charge on any atom is -0.312 e. The molecule has 0 radical (unpaired) electrons. The van der Waals surface area contributed by atoms with Gasteiger partial charge in [-0.15, -0.1) is 0 Å². The Labute approximate surface area is 121 Å². The molecular formula is C17H36N2. The number of hydrogen-bond donors (Lipinski definition) is 1. The van der Waals surface area contributed by atoms with Crippen LogP contribution in [0.15, 0.2) is 0 Å². The highest BCUT2D eigenvalue weighted by Crippen LogP contribution is 2.38. The molecule has 2 nitrogen and oxygen atoms in total. The molecule has 1 fully saturated rings. The maximum atomic E-state index is 3.65. The van der Waals surface area contributed by atoms with E-state index in [0.717, 1.165) is 6.54 Å². The third kappa shape index (κ3) is 4.75. The Kier molecular flexibility index (Phi) is 5.88. The highest BCUT2D eigenvalue weighted by molar-refractivity contribution is 4.91. The summed E-state index contributed by atoms with van der Waals surface area (Å²) in [5, 5.41) is 3.65. The van der Waals surface area contributed by atoms with Crippen molar-refractivity contribution in [3.8, 4) is 0 Å². The van der Waals surface area contributed by atoms with E-state index in [1.165, 1.54) is 32.4 Å². The Balaban J connectivity index is 2.48. The molecule has 114 valence electrons. The van der Waals surface area contributed by atoms with Gasteiger partial charge in [-0.3, -0.25) is 4.90 Å². The van der Waals surface area contributed by atoms with Crippen LogP contribution in [0.1, 0.15) is 67.7 Å². The number of nitrogens with one attached hydrogen (secondary N) is 1. The van der Waals surface area contributed by atoms with Gasteiger partial charge in [-0.2, -0.15) is 0 Å². The fourth-order valence-corrected chi connectivity index (χ4v) is 3.14. The summed E-state index contributed by atoms with van der Waals surface area (Å²) in [6, 6.07) is 0.690. The van der Waals surface area contributed by atoms with Crippen LogP contribution in [0.5, 0.6) is 0 Å². The number of nitrogens with zero attached hydrogens (tertiary/aromatic N) is 1. The molecule has 0 saturated carbocycles. The van der Waals surface area contributed by atoms with Crippen LogP contribution in [0.2, 0.25) is 0 Å². The molecule has 1 saturated heterocycles. The topological polar surface area (TPSA) is 15.3 Å². The van der Waals surface area contributed by atoms with E-state index in [4.69, 9.17) is 0 Å². The smallest absolute Gasteiger partial charge is 0.0105 e. The van der Waals surface area contributed by atoms with E-state index in [2.05, 4.69) is 58.7 Å². The Hall–Kier alpha value is -0.0800. The number of hydrogen-bond acceptors (Lipinski definition) is 2. The fraction of sp³-hybridized carbons (Fsp3) is 1.00. The lowest BCUT2D eigenvalue weighted by Gasteiger charge is -2.34. The second-order valence-corrected chi connectivity index (χ2v) is 7.78. The second-order valence-electron chi connectivity index (χ2n) is 7.78. The lowest BCUT2D eigenvalue weighted by molar-refractivity contribution is 0.159. The first-order valence-corrected chi connectivity index (χ1v) is 8.22. The second kappa shape index (κ2) is 6.58. The SMILES string of the molecule is CCC1(CC)CCN(C(C)C(C)CNC(C)(C)C)C1. The molecule has 1 aliphatic heterocycles. The van der Waals surface area contributed by atoms with Crippen LogP contribution in [0.3, 0.4) is 0 Å². The normalized spacial score (nSPS) is 23.5. The number of rotatable bonds is 6. The summed E-state index contributed by atoms with van der Waals surface area (Å²) in [6.45, 7) is 20.0. The van der Waals surface area contributed by atoms with Gasteiger partial charge < -0.3 is 5.32 Å². The third-order valence-corrected chi connectivity index (χ3v) is 5.32. The molecule has 1 aliphatic rings. The molecule has 0 bridgehead atoms. The van der Waals surface area contributed by atoms with Gasteiger partial charge >= 0.3 is 0 Å². The van der Waals surface area contributed by atoms with Crippen molar-refractivity contribution < 1.29 is 0 Å². The van der Waals surface area contributed by atoms with E-state index in [-0.39, 0.29) is 5.54 Å². The van der Waals surface area contributed by atoms with Crippen molar-refractivity contribution in [1.29, 1.82) is 0 Å². The summed E-state index contributed by atoms with van der Waals surface area (Å²) >= 11 is 0. The van der Waals surface area contributed by atoms with Gasteiger partial charge in [0, 0.05) is 18.1 Å².